The molecule has 0 aromatic heterocycles. The second-order valence-corrected chi connectivity index (χ2v) is 6.22. The van der Waals surface area contributed by atoms with Crippen LogP contribution in [0.5, 0.6) is 5.75 Å². The van der Waals surface area contributed by atoms with Crippen molar-refractivity contribution < 1.29 is 13.5 Å². The molecule has 0 aliphatic heterocycles. The quantitative estimate of drug-likeness (QED) is 0.558. The van der Waals surface area contributed by atoms with Crippen molar-refractivity contribution in [2.45, 2.75) is 4.83 Å². The molecule has 0 spiro atoms. The number of ether oxygens (including phenoxy) is 1. The predicted octanol–water partition coefficient (Wildman–Crippen LogP) is 5.87. The van der Waals surface area contributed by atoms with Crippen LogP contribution in [0.4, 0.5) is 8.78 Å². The topological polar surface area (TPSA) is 9.23 Å². The third kappa shape index (κ3) is 3.15. The van der Waals surface area contributed by atoms with Crippen molar-refractivity contribution in [1.82, 2.24) is 0 Å². The zero-order valence-electron chi connectivity index (χ0n) is 10.3. The molecule has 0 bridgehead atoms. The van der Waals surface area contributed by atoms with Crippen molar-refractivity contribution in [1.29, 1.82) is 0 Å². The third-order valence-corrected chi connectivity index (χ3v) is 4.72. The average molecular weight is 426 g/mol. The lowest BCUT2D eigenvalue weighted by molar-refractivity contribution is 0.406. The number of methoxy groups -OCH3 is 1. The van der Waals surface area contributed by atoms with E-state index in [-0.39, 0.29) is 9.85 Å². The molecular formula is C14H9Br2ClF2O. The number of hydrogen-bond acceptors (Lipinski definition) is 1. The van der Waals surface area contributed by atoms with Crippen LogP contribution in [0.2, 0.25) is 5.02 Å². The van der Waals surface area contributed by atoms with E-state index in [0.717, 1.165) is 0 Å². The summed E-state index contributed by atoms with van der Waals surface area (Å²) in [5.74, 6) is -0.552. The van der Waals surface area contributed by atoms with Gasteiger partial charge in [-0.1, -0.05) is 33.6 Å². The van der Waals surface area contributed by atoms with E-state index in [1.807, 2.05) is 0 Å². The maximum atomic E-state index is 13.5. The van der Waals surface area contributed by atoms with Crippen LogP contribution in [-0.2, 0) is 0 Å². The predicted molar refractivity (Wildman–Crippen MR) is 82.8 cm³/mol. The van der Waals surface area contributed by atoms with Crippen LogP contribution >= 0.6 is 43.5 Å². The van der Waals surface area contributed by atoms with Crippen LogP contribution in [0.3, 0.4) is 0 Å². The zero-order valence-corrected chi connectivity index (χ0v) is 14.2. The molecule has 0 aliphatic rings. The van der Waals surface area contributed by atoms with Gasteiger partial charge in [-0.05, 0) is 39.7 Å². The smallest absolute Gasteiger partial charge is 0.142 e. The van der Waals surface area contributed by atoms with Crippen molar-refractivity contribution in [3.8, 4) is 5.75 Å². The van der Waals surface area contributed by atoms with Gasteiger partial charge in [-0.2, -0.15) is 0 Å². The first-order chi connectivity index (χ1) is 9.43. The Hall–Kier alpha value is -0.650. The minimum absolute atomic E-state index is 0.0562. The normalized spacial score (nSPS) is 12.3. The molecule has 0 aliphatic carbocycles. The van der Waals surface area contributed by atoms with Gasteiger partial charge in [0.05, 0.1) is 21.4 Å². The average Bonchev–Trinajstić information content (AvgIpc) is 2.43. The van der Waals surface area contributed by atoms with Crippen LogP contribution in [0, 0.1) is 11.6 Å². The molecule has 1 atom stereocenters. The van der Waals surface area contributed by atoms with Crippen LogP contribution in [0.1, 0.15) is 16.0 Å². The van der Waals surface area contributed by atoms with E-state index >= 15 is 0 Å². The van der Waals surface area contributed by atoms with Crippen molar-refractivity contribution in [3.63, 3.8) is 0 Å². The summed E-state index contributed by atoms with van der Waals surface area (Å²) in [5, 5.41) is 0.0562. The summed E-state index contributed by atoms with van der Waals surface area (Å²) < 4.78 is 32.5. The summed E-state index contributed by atoms with van der Waals surface area (Å²) in [6, 6.07) is 7.38. The van der Waals surface area contributed by atoms with E-state index in [4.69, 9.17) is 16.3 Å². The number of hydrogen-bond donors (Lipinski definition) is 0. The summed E-state index contributed by atoms with van der Waals surface area (Å²) in [4.78, 5) is -0.346. The number of alkyl halides is 1. The highest BCUT2D eigenvalue weighted by molar-refractivity contribution is 9.10. The molecule has 106 valence electrons. The van der Waals surface area contributed by atoms with Gasteiger partial charge >= 0.3 is 0 Å². The number of rotatable bonds is 3. The molecule has 6 heteroatoms. The Balaban J connectivity index is 2.49. The van der Waals surface area contributed by atoms with Gasteiger partial charge in [-0.3, -0.25) is 0 Å². The van der Waals surface area contributed by atoms with Crippen LogP contribution in [-0.4, -0.2) is 7.11 Å². The highest BCUT2D eigenvalue weighted by Gasteiger charge is 2.19. The largest absolute Gasteiger partial charge is 0.496 e. The van der Waals surface area contributed by atoms with Gasteiger partial charge in [0, 0.05) is 11.6 Å². The summed E-state index contributed by atoms with van der Waals surface area (Å²) in [5.41, 5.74) is 1.34. The van der Waals surface area contributed by atoms with Crippen molar-refractivity contribution >= 4 is 43.5 Å². The Labute approximate surface area is 137 Å². The summed E-state index contributed by atoms with van der Waals surface area (Å²) in [6.45, 7) is 0. The van der Waals surface area contributed by atoms with Gasteiger partial charge in [-0.25, -0.2) is 8.78 Å². The van der Waals surface area contributed by atoms with Crippen LogP contribution in [0.15, 0.2) is 34.8 Å². The van der Waals surface area contributed by atoms with E-state index in [1.54, 1.807) is 12.1 Å². The molecule has 2 aromatic carbocycles. The molecule has 0 saturated heterocycles. The highest BCUT2D eigenvalue weighted by Crippen LogP contribution is 2.39. The second kappa shape index (κ2) is 6.41. The van der Waals surface area contributed by atoms with Crippen molar-refractivity contribution in [2.75, 3.05) is 7.11 Å². The fourth-order valence-electron chi connectivity index (χ4n) is 1.77. The zero-order chi connectivity index (χ0) is 14.9. The van der Waals surface area contributed by atoms with E-state index in [9.17, 15) is 8.78 Å². The minimum Gasteiger partial charge on any atom is -0.496 e. The minimum atomic E-state index is -0.506. The molecule has 1 unspecified atom stereocenters. The molecule has 0 N–H and O–H groups in total. The van der Waals surface area contributed by atoms with Gasteiger partial charge < -0.3 is 4.74 Å². The molecule has 0 heterocycles. The van der Waals surface area contributed by atoms with Gasteiger partial charge in [0.1, 0.15) is 17.4 Å². The van der Waals surface area contributed by atoms with Crippen LogP contribution < -0.4 is 4.74 Å². The Morgan fingerprint density at radius 1 is 1.15 bits per heavy atom. The lowest BCUT2D eigenvalue weighted by Crippen LogP contribution is -1.99. The van der Waals surface area contributed by atoms with Crippen molar-refractivity contribution in [3.05, 3.63) is 62.6 Å². The fraction of sp³-hybridized carbons (Fsp3) is 0.143. The SMILES string of the molecule is COc1cc(F)c(Br)cc1C(Br)c1ccc(Cl)c(F)c1. The number of benzene rings is 2. The number of halogens is 5. The van der Waals surface area contributed by atoms with Gasteiger partial charge in [0.15, 0.2) is 0 Å². The molecular weight excluding hydrogens is 417 g/mol. The monoisotopic (exact) mass is 424 g/mol. The Bertz CT molecular complexity index is 649. The van der Waals surface area contributed by atoms with E-state index in [1.165, 1.54) is 25.3 Å². The molecule has 0 fully saturated rings. The molecule has 0 saturated carbocycles. The summed E-state index contributed by atoms with van der Waals surface area (Å²) in [7, 11) is 1.45. The Morgan fingerprint density at radius 3 is 2.45 bits per heavy atom. The first-order valence-electron chi connectivity index (χ1n) is 5.56. The summed E-state index contributed by atoms with van der Waals surface area (Å²) in [6.07, 6.45) is 0. The van der Waals surface area contributed by atoms with Crippen molar-refractivity contribution in [2.24, 2.45) is 0 Å². The third-order valence-electron chi connectivity index (χ3n) is 2.78. The lowest BCUT2D eigenvalue weighted by atomic mass is 10.0. The fourth-order valence-corrected chi connectivity index (χ4v) is 2.89. The van der Waals surface area contributed by atoms with E-state index < -0.39 is 11.6 Å². The molecule has 2 rings (SSSR count). The first kappa shape index (κ1) is 15.7. The molecule has 0 amide bonds. The molecule has 1 nitrogen and oxygen atoms in total. The summed E-state index contributed by atoms with van der Waals surface area (Å²) >= 11 is 12.3. The molecule has 2 aromatic rings. The second-order valence-electron chi connectivity index (χ2n) is 4.04. The maximum absolute atomic E-state index is 13.5. The molecule has 0 radical (unpaired) electrons. The van der Waals surface area contributed by atoms with Gasteiger partial charge in [-0.15, -0.1) is 0 Å². The van der Waals surface area contributed by atoms with Gasteiger partial charge in [0.2, 0.25) is 0 Å². The van der Waals surface area contributed by atoms with E-state index in [0.29, 0.717) is 21.3 Å². The van der Waals surface area contributed by atoms with E-state index in [2.05, 4.69) is 31.9 Å². The maximum Gasteiger partial charge on any atom is 0.142 e. The van der Waals surface area contributed by atoms with Gasteiger partial charge in [0.25, 0.3) is 0 Å². The molecule has 20 heavy (non-hydrogen) atoms. The highest BCUT2D eigenvalue weighted by atomic mass is 79.9. The lowest BCUT2D eigenvalue weighted by Gasteiger charge is -2.16. The Morgan fingerprint density at radius 2 is 1.85 bits per heavy atom. The first-order valence-corrected chi connectivity index (χ1v) is 7.64. The van der Waals surface area contributed by atoms with Crippen LogP contribution in [0.25, 0.3) is 0 Å². The standard InChI is InChI=1S/C14H9Br2ClF2O/c1-20-13-6-11(18)9(15)5-8(13)14(16)7-2-3-10(17)12(19)4-7/h2-6,14H,1H3. The Kier molecular flexibility index (Phi) is 5.04.